The van der Waals surface area contributed by atoms with E-state index < -0.39 is 0 Å². The van der Waals surface area contributed by atoms with Crippen LogP contribution in [0.1, 0.15) is 23.6 Å². The van der Waals surface area contributed by atoms with Crippen LogP contribution >= 0.6 is 11.6 Å². The number of nitrogens with zero attached hydrogens (tertiary/aromatic N) is 3. The molecule has 1 aromatic heterocycles. The van der Waals surface area contributed by atoms with Crippen LogP contribution in [0.25, 0.3) is 22.2 Å². The molecule has 0 aliphatic carbocycles. The molecule has 5 rings (SSSR count). The zero-order valence-electron chi connectivity index (χ0n) is 17.8. The number of aromatic nitrogens is 3. The molecule has 0 saturated heterocycles. The van der Waals surface area contributed by atoms with E-state index in [9.17, 15) is 4.79 Å². The second kappa shape index (κ2) is 8.65. The molecule has 0 fully saturated rings. The molecule has 8 nitrogen and oxygen atoms in total. The van der Waals surface area contributed by atoms with E-state index in [0.717, 1.165) is 27.5 Å². The number of ether oxygens (including phenoxy) is 2. The minimum atomic E-state index is -0.128. The SMILES string of the molecule is CC(=O)Nc1ccc(COc2nc(N)nc(-c3c(Cl)cc4c5c(cccc35)COC4)n2)cc1. The van der Waals surface area contributed by atoms with E-state index in [1.54, 1.807) is 12.1 Å². The standard InChI is InChI=1S/C24H20ClN5O3/c1-13(31)27-17-7-5-14(6-8-17)10-33-24-29-22(28-23(26)30-24)21-18-4-2-3-15-11-32-12-16(20(15)18)9-19(21)25/h2-9H,10-12H2,1H3,(H,27,31)(H2,26,28,29,30). The lowest BCUT2D eigenvalue weighted by Crippen LogP contribution is -2.08. The third-order valence-electron chi connectivity index (χ3n) is 5.29. The lowest BCUT2D eigenvalue weighted by atomic mass is 9.94. The first-order valence-electron chi connectivity index (χ1n) is 10.3. The predicted octanol–water partition coefficient (Wildman–Crippen LogP) is 4.50. The molecule has 4 aromatic rings. The van der Waals surface area contributed by atoms with Gasteiger partial charge in [0.05, 0.1) is 18.2 Å². The van der Waals surface area contributed by atoms with E-state index in [-0.39, 0.29) is 24.5 Å². The Morgan fingerprint density at radius 1 is 1.12 bits per heavy atom. The number of hydrogen-bond donors (Lipinski definition) is 2. The fourth-order valence-corrected chi connectivity index (χ4v) is 4.25. The number of nitrogen functional groups attached to an aromatic ring is 1. The Labute approximate surface area is 194 Å². The van der Waals surface area contributed by atoms with Crippen LogP contribution in [0, 0.1) is 0 Å². The lowest BCUT2D eigenvalue weighted by molar-refractivity contribution is -0.114. The molecule has 33 heavy (non-hydrogen) atoms. The number of hydrogen-bond acceptors (Lipinski definition) is 7. The number of anilines is 2. The van der Waals surface area contributed by atoms with Crippen LogP contribution in [0.5, 0.6) is 6.01 Å². The quantitative estimate of drug-likeness (QED) is 0.450. The van der Waals surface area contributed by atoms with Gasteiger partial charge in [-0.2, -0.15) is 15.0 Å². The second-order valence-electron chi connectivity index (χ2n) is 7.69. The van der Waals surface area contributed by atoms with Crippen molar-refractivity contribution in [2.75, 3.05) is 11.1 Å². The smallest absolute Gasteiger partial charge is 0.322 e. The number of nitrogens with one attached hydrogen (secondary N) is 1. The van der Waals surface area contributed by atoms with Gasteiger partial charge in [0.2, 0.25) is 11.9 Å². The molecule has 0 atom stereocenters. The Morgan fingerprint density at radius 2 is 1.91 bits per heavy atom. The van der Waals surface area contributed by atoms with Crippen LogP contribution in [0.3, 0.4) is 0 Å². The Balaban J connectivity index is 1.46. The molecule has 0 radical (unpaired) electrons. The van der Waals surface area contributed by atoms with E-state index in [2.05, 4.69) is 20.3 Å². The van der Waals surface area contributed by atoms with Crippen molar-refractivity contribution >= 4 is 39.9 Å². The van der Waals surface area contributed by atoms with Gasteiger partial charge in [0.25, 0.3) is 0 Å². The molecule has 3 N–H and O–H groups in total. The summed E-state index contributed by atoms with van der Waals surface area (Å²) in [6, 6.07) is 15.3. The van der Waals surface area contributed by atoms with Gasteiger partial charge in [0.15, 0.2) is 5.82 Å². The highest BCUT2D eigenvalue weighted by Crippen LogP contribution is 2.39. The van der Waals surface area contributed by atoms with Gasteiger partial charge in [-0.05, 0) is 45.7 Å². The number of halogens is 1. The van der Waals surface area contributed by atoms with Crippen molar-refractivity contribution in [2.45, 2.75) is 26.7 Å². The molecule has 0 bridgehead atoms. The van der Waals surface area contributed by atoms with Gasteiger partial charge >= 0.3 is 6.01 Å². The molecule has 166 valence electrons. The molecule has 1 aliphatic heterocycles. The van der Waals surface area contributed by atoms with Gasteiger partial charge in [0, 0.05) is 18.2 Å². The number of rotatable bonds is 5. The molecule has 0 saturated carbocycles. The summed E-state index contributed by atoms with van der Waals surface area (Å²) in [6.45, 7) is 2.73. The summed E-state index contributed by atoms with van der Waals surface area (Å²) in [5, 5.41) is 5.26. The number of carbonyl (C=O) groups is 1. The van der Waals surface area contributed by atoms with Crippen molar-refractivity contribution in [1.82, 2.24) is 15.0 Å². The molecule has 3 aromatic carbocycles. The first-order valence-corrected chi connectivity index (χ1v) is 10.7. The van der Waals surface area contributed by atoms with E-state index >= 15 is 0 Å². The van der Waals surface area contributed by atoms with Crippen molar-refractivity contribution < 1.29 is 14.3 Å². The highest BCUT2D eigenvalue weighted by molar-refractivity contribution is 6.35. The minimum Gasteiger partial charge on any atom is -0.458 e. The fourth-order valence-electron chi connectivity index (χ4n) is 3.93. The number of nitrogens with two attached hydrogens (primary N) is 1. The summed E-state index contributed by atoms with van der Waals surface area (Å²) >= 11 is 6.66. The summed E-state index contributed by atoms with van der Waals surface area (Å²) in [6.07, 6.45) is 0. The van der Waals surface area contributed by atoms with Gasteiger partial charge in [-0.1, -0.05) is 41.9 Å². The van der Waals surface area contributed by atoms with Crippen LogP contribution < -0.4 is 15.8 Å². The van der Waals surface area contributed by atoms with Crippen LogP contribution in [0.2, 0.25) is 5.02 Å². The van der Waals surface area contributed by atoms with Gasteiger partial charge in [0.1, 0.15) is 6.61 Å². The van der Waals surface area contributed by atoms with Crippen LogP contribution in [-0.2, 0) is 29.4 Å². The first kappa shape index (κ1) is 21.1. The third kappa shape index (κ3) is 4.30. The maximum atomic E-state index is 11.2. The molecule has 1 aliphatic rings. The van der Waals surface area contributed by atoms with Crippen LogP contribution in [-0.4, -0.2) is 20.9 Å². The average molecular weight is 462 g/mol. The average Bonchev–Trinajstić information content (AvgIpc) is 2.78. The maximum Gasteiger partial charge on any atom is 0.322 e. The van der Waals surface area contributed by atoms with E-state index in [1.807, 2.05) is 36.4 Å². The lowest BCUT2D eigenvalue weighted by Gasteiger charge is -2.20. The van der Waals surface area contributed by atoms with Crippen molar-refractivity contribution in [3.63, 3.8) is 0 Å². The van der Waals surface area contributed by atoms with Crippen LogP contribution in [0.15, 0.2) is 48.5 Å². The van der Waals surface area contributed by atoms with E-state index in [4.69, 9.17) is 26.8 Å². The Hall–Kier alpha value is -3.75. The fraction of sp³-hybridized carbons (Fsp3) is 0.167. The van der Waals surface area contributed by atoms with Gasteiger partial charge < -0.3 is 20.5 Å². The monoisotopic (exact) mass is 461 g/mol. The number of amides is 1. The molecule has 2 heterocycles. The van der Waals surface area contributed by atoms with Gasteiger partial charge in [-0.15, -0.1) is 0 Å². The maximum absolute atomic E-state index is 11.2. The summed E-state index contributed by atoms with van der Waals surface area (Å²) < 4.78 is 11.5. The Kier molecular flexibility index (Phi) is 5.53. The largest absolute Gasteiger partial charge is 0.458 e. The van der Waals surface area contributed by atoms with E-state index in [1.165, 1.54) is 6.92 Å². The summed E-state index contributed by atoms with van der Waals surface area (Å²) in [5.41, 5.74) is 10.4. The Morgan fingerprint density at radius 3 is 2.70 bits per heavy atom. The molecular weight excluding hydrogens is 442 g/mol. The predicted molar refractivity (Wildman–Crippen MR) is 126 cm³/mol. The second-order valence-corrected chi connectivity index (χ2v) is 8.10. The topological polar surface area (TPSA) is 112 Å². The molecular formula is C24H20ClN5O3. The third-order valence-corrected chi connectivity index (χ3v) is 5.59. The summed E-state index contributed by atoms with van der Waals surface area (Å²) in [5.74, 6) is 0.256. The molecule has 1 amide bonds. The summed E-state index contributed by atoms with van der Waals surface area (Å²) in [4.78, 5) is 24.1. The normalized spacial score (nSPS) is 12.5. The van der Waals surface area contributed by atoms with E-state index in [0.29, 0.717) is 35.3 Å². The zero-order chi connectivity index (χ0) is 22.9. The highest BCUT2D eigenvalue weighted by Gasteiger charge is 2.21. The summed E-state index contributed by atoms with van der Waals surface area (Å²) in [7, 11) is 0. The van der Waals surface area contributed by atoms with Gasteiger partial charge in [-0.3, -0.25) is 4.79 Å². The highest BCUT2D eigenvalue weighted by atomic mass is 35.5. The van der Waals surface area contributed by atoms with Crippen molar-refractivity contribution in [1.29, 1.82) is 0 Å². The van der Waals surface area contributed by atoms with Crippen molar-refractivity contribution in [3.05, 3.63) is 70.2 Å². The van der Waals surface area contributed by atoms with Crippen LogP contribution in [0.4, 0.5) is 11.6 Å². The first-order chi connectivity index (χ1) is 16.0. The number of carbonyl (C=O) groups excluding carboxylic acids is 1. The minimum absolute atomic E-state index is 0.0379. The molecule has 0 unspecified atom stereocenters. The molecule has 0 spiro atoms. The molecule has 9 heteroatoms. The zero-order valence-corrected chi connectivity index (χ0v) is 18.5. The number of benzene rings is 3. The Bertz CT molecular complexity index is 1380. The van der Waals surface area contributed by atoms with Crippen molar-refractivity contribution in [3.8, 4) is 17.4 Å². The van der Waals surface area contributed by atoms with Gasteiger partial charge in [-0.25, -0.2) is 0 Å². The van der Waals surface area contributed by atoms with Crippen molar-refractivity contribution in [2.24, 2.45) is 0 Å².